The van der Waals surface area contributed by atoms with Crippen LogP contribution in [0.1, 0.15) is 17.1 Å². The summed E-state index contributed by atoms with van der Waals surface area (Å²) < 4.78 is 18.1. The van der Waals surface area contributed by atoms with Crippen LogP contribution in [-0.2, 0) is 19.5 Å². The van der Waals surface area contributed by atoms with Crippen LogP contribution in [0.5, 0.6) is 0 Å². The molecule has 1 aromatic carbocycles. The lowest BCUT2D eigenvalue weighted by molar-refractivity contribution is 0.621. The average Bonchev–Trinajstić information content (AvgIpc) is 2.92. The third kappa shape index (κ3) is 2.66. The molecule has 0 amide bonds. The van der Waals surface area contributed by atoms with Gasteiger partial charge in [0.05, 0.1) is 32.7 Å². The van der Waals surface area contributed by atoms with Crippen molar-refractivity contribution in [2.24, 2.45) is 7.05 Å². The summed E-state index contributed by atoms with van der Waals surface area (Å²) >= 11 is 7.96. The standard InChI is InChI=1S/C14H13ClFIN4/c1-8-9(6-20(2)19-8)7-21-13-3-10(16)11(17)4-12(13)18-14(21)5-15/h3-4,6H,5,7H2,1-2H3. The number of aromatic nitrogens is 4. The van der Waals surface area contributed by atoms with Gasteiger partial charge in [-0.3, -0.25) is 4.68 Å². The maximum Gasteiger partial charge on any atom is 0.138 e. The number of rotatable bonds is 3. The largest absolute Gasteiger partial charge is 0.322 e. The molecule has 0 aliphatic carbocycles. The van der Waals surface area contributed by atoms with Crippen molar-refractivity contribution < 1.29 is 4.39 Å². The fourth-order valence-electron chi connectivity index (χ4n) is 2.42. The molecular formula is C14H13ClFIN4. The molecule has 2 aromatic heterocycles. The van der Waals surface area contributed by atoms with E-state index in [1.54, 1.807) is 10.7 Å². The summed E-state index contributed by atoms with van der Waals surface area (Å²) in [6, 6.07) is 3.26. The van der Waals surface area contributed by atoms with Crippen LogP contribution in [-0.4, -0.2) is 19.3 Å². The fourth-order valence-corrected chi connectivity index (χ4v) is 3.08. The van der Waals surface area contributed by atoms with Crippen molar-refractivity contribution >= 4 is 45.2 Å². The molecule has 3 rings (SSSR count). The van der Waals surface area contributed by atoms with Gasteiger partial charge in [0, 0.05) is 24.9 Å². The second-order valence-electron chi connectivity index (χ2n) is 4.92. The normalized spacial score (nSPS) is 11.5. The van der Waals surface area contributed by atoms with Crippen LogP contribution in [0.3, 0.4) is 0 Å². The number of alkyl halides is 1. The van der Waals surface area contributed by atoms with E-state index in [0.717, 1.165) is 28.1 Å². The van der Waals surface area contributed by atoms with Gasteiger partial charge in [0.1, 0.15) is 11.6 Å². The highest BCUT2D eigenvalue weighted by atomic mass is 127. The van der Waals surface area contributed by atoms with E-state index in [4.69, 9.17) is 11.6 Å². The van der Waals surface area contributed by atoms with E-state index in [-0.39, 0.29) is 11.7 Å². The summed E-state index contributed by atoms with van der Waals surface area (Å²) in [5.74, 6) is 0.774. The lowest BCUT2D eigenvalue weighted by atomic mass is 10.2. The molecule has 0 radical (unpaired) electrons. The van der Waals surface area contributed by atoms with E-state index in [1.165, 1.54) is 6.07 Å². The smallest absolute Gasteiger partial charge is 0.138 e. The number of halogens is 3. The molecule has 0 spiro atoms. The minimum absolute atomic E-state index is 0.242. The highest BCUT2D eigenvalue weighted by molar-refractivity contribution is 14.1. The van der Waals surface area contributed by atoms with Gasteiger partial charge in [-0.15, -0.1) is 11.6 Å². The maximum atomic E-state index is 13.9. The molecule has 0 saturated heterocycles. The van der Waals surface area contributed by atoms with Gasteiger partial charge in [-0.2, -0.15) is 5.10 Å². The quantitative estimate of drug-likeness (QED) is 0.481. The van der Waals surface area contributed by atoms with E-state index in [1.807, 2.05) is 47.3 Å². The van der Waals surface area contributed by atoms with Crippen molar-refractivity contribution in [2.75, 3.05) is 0 Å². The highest BCUT2D eigenvalue weighted by Gasteiger charge is 2.15. The summed E-state index contributed by atoms with van der Waals surface area (Å²) in [4.78, 5) is 4.50. The molecule has 4 nitrogen and oxygen atoms in total. The van der Waals surface area contributed by atoms with Gasteiger partial charge < -0.3 is 4.57 Å². The monoisotopic (exact) mass is 418 g/mol. The van der Waals surface area contributed by atoms with Crippen LogP contribution in [0, 0.1) is 16.3 Å². The second kappa shape index (κ2) is 5.57. The Bertz CT molecular complexity index is 824. The molecule has 21 heavy (non-hydrogen) atoms. The summed E-state index contributed by atoms with van der Waals surface area (Å²) in [5, 5.41) is 4.33. The molecule has 3 aromatic rings. The number of hydrogen-bond donors (Lipinski definition) is 0. The first kappa shape index (κ1) is 14.8. The third-order valence-electron chi connectivity index (χ3n) is 3.43. The van der Waals surface area contributed by atoms with Crippen LogP contribution in [0.25, 0.3) is 11.0 Å². The molecule has 0 unspecified atom stereocenters. The Balaban J connectivity index is 2.16. The Kier molecular flexibility index (Phi) is 3.92. The molecule has 2 heterocycles. The average molecular weight is 419 g/mol. The molecule has 0 aliphatic heterocycles. The SMILES string of the molecule is Cc1nn(C)cc1Cn1c(CCl)nc2cc(I)c(F)cc21. The fraction of sp³-hybridized carbons (Fsp3) is 0.286. The zero-order valence-electron chi connectivity index (χ0n) is 11.6. The Hall–Kier alpha value is -1.15. The van der Waals surface area contributed by atoms with E-state index < -0.39 is 0 Å². The molecule has 110 valence electrons. The van der Waals surface area contributed by atoms with Crippen LogP contribution in [0.4, 0.5) is 4.39 Å². The Labute approximate surface area is 140 Å². The molecule has 0 fully saturated rings. The molecule has 0 atom stereocenters. The Morgan fingerprint density at radius 2 is 2.14 bits per heavy atom. The lowest BCUT2D eigenvalue weighted by Crippen LogP contribution is -2.04. The summed E-state index contributed by atoms with van der Waals surface area (Å²) in [7, 11) is 1.88. The van der Waals surface area contributed by atoms with Gasteiger partial charge in [0.2, 0.25) is 0 Å². The summed E-state index contributed by atoms with van der Waals surface area (Å²) in [5.41, 5.74) is 3.54. The molecule has 0 N–H and O–H groups in total. The van der Waals surface area contributed by atoms with Gasteiger partial charge in [-0.25, -0.2) is 9.37 Å². The first-order valence-electron chi connectivity index (χ1n) is 6.39. The Morgan fingerprint density at radius 1 is 1.38 bits per heavy atom. The van der Waals surface area contributed by atoms with E-state index in [9.17, 15) is 4.39 Å². The molecule has 0 bridgehead atoms. The van der Waals surface area contributed by atoms with Crippen molar-refractivity contribution in [1.82, 2.24) is 19.3 Å². The van der Waals surface area contributed by atoms with Crippen LogP contribution in [0.2, 0.25) is 0 Å². The van der Waals surface area contributed by atoms with Gasteiger partial charge >= 0.3 is 0 Å². The lowest BCUT2D eigenvalue weighted by Gasteiger charge is -2.07. The van der Waals surface area contributed by atoms with Crippen LogP contribution < -0.4 is 0 Å². The number of nitrogens with zero attached hydrogens (tertiary/aromatic N) is 4. The summed E-state index contributed by atoms with van der Waals surface area (Å²) in [6.45, 7) is 2.54. The van der Waals surface area contributed by atoms with Crippen LogP contribution in [0.15, 0.2) is 18.3 Å². The topological polar surface area (TPSA) is 35.6 Å². The van der Waals surface area contributed by atoms with Gasteiger partial charge in [-0.1, -0.05) is 0 Å². The minimum Gasteiger partial charge on any atom is -0.322 e. The zero-order valence-corrected chi connectivity index (χ0v) is 14.5. The van der Waals surface area contributed by atoms with Crippen molar-refractivity contribution in [2.45, 2.75) is 19.3 Å². The molecule has 7 heteroatoms. The van der Waals surface area contributed by atoms with E-state index >= 15 is 0 Å². The van der Waals surface area contributed by atoms with Gasteiger partial charge in [0.15, 0.2) is 0 Å². The highest BCUT2D eigenvalue weighted by Crippen LogP contribution is 2.24. The number of imidazole rings is 1. The van der Waals surface area contributed by atoms with Gasteiger partial charge in [0.25, 0.3) is 0 Å². The molecule has 0 saturated carbocycles. The maximum absolute atomic E-state index is 13.9. The minimum atomic E-state index is -0.242. The van der Waals surface area contributed by atoms with Crippen molar-refractivity contribution in [3.63, 3.8) is 0 Å². The summed E-state index contributed by atoms with van der Waals surface area (Å²) in [6.07, 6.45) is 1.96. The van der Waals surface area contributed by atoms with E-state index in [2.05, 4.69) is 10.1 Å². The number of aryl methyl sites for hydroxylation is 2. The first-order valence-corrected chi connectivity index (χ1v) is 8.00. The number of fused-ring (bicyclic) bond motifs is 1. The third-order valence-corrected chi connectivity index (χ3v) is 4.50. The van der Waals surface area contributed by atoms with E-state index in [0.29, 0.717) is 10.1 Å². The predicted octanol–water partition coefficient (Wildman–Crippen LogP) is 3.61. The van der Waals surface area contributed by atoms with Crippen molar-refractivity contribution in [3.05, 3.63) is 44.8 Å². The molecule has 0 aliphatic rings. The predicted molar refractivity (Wildman–Crippen MR) is 89.0 cm³/mol. The zero-order chi connectivity index (χ0) is 15.1. The van der Waals surface area contributed by atoms with Gasteiger partial charge in [-0.05, 0) is 35.6 Å². The number of hydrogen-bond acceptors (Lipinski definition) is 2. The van der Waals surface area contributed by atoms with Crippen LogP contribution >= 0.6 is 34.2 Å². The molecular weight excluding hydrogens is 406 g/mol. The van der Waals surface area contributed by atoms with Crippen molar-refractivity contribution in [3.8, 4) is 0 Å². The Morgan fingerprint density at radius 3 is 2.76 bits per heavy atom. The first-order chi connectivity index (χ1) is 9.99. The second-order valence-corrected chi connectivity index (χ2v) is 6.35. The number of benzene rings is 1. The van der Waals surface area contributed by atoms with Crippen molar-refractivity contribution in [1.29, 1.82) is 0 Å².